The molecule has 0 aliphatic heterocycles. The van der Waals surface area contributed by atoms with Gasteiger partial charge in [0.15, 0.2) is 0 Å². The smallest absolute Gasteiger partial charge is 0.115 e. The Morgan fingerprint density at radius 2 is 1.89 bits per heavy atom. The molecule has 0 spiro atoms. The van der Waals surface area contributed by atoms with E-state index in [0.29, 0.717) is 21.6 Å². The summed E-state index contributed by atoms with van der Waals surface area (Å²) in [6, 6.07) is 3.57. The largest absolute Gasteiger partial charge is 0.392 e. The van der Waals surface area contributed by atoms with Crippen molar-refractivity contribution in [2.24, 2.45) is 5.73 Å². The molecule has 0 aliphatic rings. The van der Waals surface area contributed by atoms with Gasteiger partial charge in [0.2, 0.25) is 0 Å². The van der Waals surface area contributed by atoms with Gasteiger partial charge in [0.05, 0.1) is 32.6 Å². The number of aromatic nitrogens is 2. The summed E-state index contributed by atoms with van der Waals surface area (Å²) in [5.41, 5.74) is 7.25. The standard InChI is InChI=1S/C13H15Cl2N3S/c1-13(2,3)12-17-9-4-7(14)8(15)5-10(9)18(12)6-11(16)19/h4-5H,6H2,1-3H3,(H2,16,19). The van der Waals surface area contributed by atoms with E-state index in [1.165, 1.54) is 0 Å². The van der Waals surface area contributed by atoms with E-state index in [-0.39, 0.29) is 5.41 Å². The summed E-state index contributed by atoms with van der Waals surface area (Å²) in [6.45, 7) is 6.71. The molecule has 0 amide bonds. The normalized spacial score (nSPS) is 12.1. The van der Waals surface area contributed by atoms with Crippen LogP contribution < -0.4 is 5.73 Å². The van der Waals surface area contributed by atoms with Gasteiger partial charge in [-0.2, -0.15) is 0 Å². The number of halogens is 2. The van der Waals surface area contributed by atoms with Gasteiger partial charge in [0, 0.05) is 5.41 Å². The molecule has 0 radical (unpaired) electrons. The summed E-state index contributed by atoms with van der Waals surface area (Å²) in [5.74, 6) is 0.911. The minimum Gasteiger partial charge on any atom is -0.392 e. The van der Waals surface area contributed by atoms with Gasteiger partial charge in [-0.3, -0.25) is 0 Å². The number of rotatable bonds is 2. The van der Waals surface area contributed by atoms with E-state index < -0.39 is 0 Å². The van der Waals surface area contributed by atoms with Crippen LogP contribution >= 0.6 is 35.4 Å². The second-order valence-electron chi connectivity index (χ2n) is 5.49. The van der Waals surface area contributed by atoms with Crippen molar-refractivity contribution in [2.45, 2.75) is 32.7 Å². The molecule has 1 heterocycles. The zero-order chi connectivity index (χ0) is 14.4. The molecule has 1 aromatic heterocycles. The van der Waals surface area contributed by atoms with Gasteiger partial charge in [-0.1, -0.05) is 56.2 Å². The van der Waals surface area contributed by atoms with Gasteiger partial charge in [0.25, 0.3) is 0 Å². The minimum absolute atomic E-state index is 0.122. The molecule has 0 saturated heterocycles. The fourth-order valence-corrected chi connectivity index (χ4v) is 2.45. The molecule has 0 unspecified atom stereocenters. The van der Waals surface area contributed by atoms with Crippen LogP contribution in [0.2, 0.25) is 10.0 Å². The number of nitrogens with zero attached hydrogens (tertiary/aromatic N) is 2. The Balaban J connectivity index is 2.77. The predicted octanol–water partition coefficient (Wildman–Crippen LogP) is 3.93. The van der Waals surface area contributed by atoms with Crippen molar-refractivity contribution < 1.29 is 0 Å². The number of thiocarbonyl (C=S) groups is 1. The maximum Gasteiger partial charge on any atom is 0.115 e. The molecule has 2 N–H and O–H groups in total. The first-order valence-electron chi connectivity index (χ1n) is 5.84. The van der Waals surface area contributed by atoms with Crippen LogP contribution in [0.4, 0.5) is 0 Å². The van der Waals surface area contributed by atoms with Crippen molar-refractivity contribution in [1.82, 2.24) is 9.55 Å². The average Bonchev–Trinajstić information content (AvgIpc) is 2.57. The summed E-state index contributed by atoms with van der Waals surface area (Å²) in [5, 5.41) is 0.994. The molecule has 0 bridgehead atoms. The second kappa shape index (κ2) is 4.93. The Hall–Kier alpha value is -0.840. The predicted molar refractivity (Wildman–Crippen MR) is 85.2 cm³/mol. The van der Waals surface area contributed by atoms with Crippen molar-refractivity contribution in [1.29, 1.82) is 0 Å². The molecule has 0 fully saturated rings. The van der Waals surface area contributed by atoms with Crippen LogP contribution in [-0.4, -0.2) is 14.5 Å². The van der Waals surface area contributed by atoms with Gasteiger partial charge in [0.1, 0.15) is 5.82 Å². The first-order valence-corrected chi connectivity index (χ1v) is 7.00. The highest BCUT2D eigenvalue weighted by Gasteiger charge is 2.23. The summed E-state index contributed by atoms with van der Waals surface area (Å²) in [6.07, 6.45) is 0. The number of imidazole rings is 1. The highest BCUT2D eigenvalue weighted by molar-refractivity contribution is 7.80. The fraction of sp³-hybridized carbons (Fsp3) is 0.385. The number of hydrogen-bond donors (Lipinski definition) is 1. The topological polar surface area (TPSA) is 43.8 Å². The molecule has 0 aliphatic carbocycles. The Morgan fingerprint density at radius 3 is 2.42 bits per heavy atom. The molecular weight excluding hydrogens is 301 g/mol. The van der Waals surface area contributed by atoms with E-state index in [1.54, 1.807) is 12.1 Å². The molecule has 3 nitrogen and oxygen atoms in total. The van der Waals surface area contributed by atoms with Crippen molar-refractivity contribution >= 4 is 51.4 Å². The van der Waals surface area contributed by atoms with Gasteiger partial charge < -0.3 is 10.3 Å². The average molecular weight is 316 g/mol. The third kappa shape index (κ3) is 2.86. The zero-order valence-corrected chi connectivity index (χ0v) is 13.3. The molecule has 0 atom stereocenters. The minimum atomic E-state index is -0.122. The lowest BCUT2D eigenvalue weighted by Crippen LogP contribution is -2.24. The van der Waals surface area contributed by atoms with Crippen LogP contribution in [0, 0.1) is 0 Å². The molecule has 102 valence electrons. The second-order valence-corrected chi connectivity index (χ2v) is 6.83. The summed E-state index contributed by atoms with van der Waals surface area (Å²) in [7, 11) is 0. The lowest BCUT2D eigenvalue weighted by molar-refractivity contribution is 0.521. The van der Waals surface area contributed by atoms with Crippen LogP contribution in [0.3, 0.4) is 0 Å². The van der Waals surface area contributed by atoms with Crippen LogP contribution in [0.25, 0.3) is 11.0 Å². The Morgan fingerprint density at radius 1 is 1.32 bits per heavy atom. The summed E-state index contributed by atoms with van der Waals surface area (Å²) >= 11 is 17.1. The monoisotopic (exact) mass is 315 g/mol. The first kappa shape index (κ1) is 14.6. The SMILES string of the molecule is CC(C)(C)c1nc2cc(Cl)c(Cl)cc2n1CC(N)=S. The maximum absolute atomic E-state index is 6.08. The quantitative estimate of drug-likeness (QED) is 0.854. The van der Waals surface area contributed by atoms with Crippen molar-refractivity contribution in [3.8, 4) is 0 Å². The maximum atomic E-state index is 6.08. The van der Waals surface area contributed by atoms with E-state index >= 15 is 0 Å². The molecule has 2 aromatic rings. The van der Waals surface area contributed by atoms with Crippen LogP contribution in [0.5, 0.6) is 0 Å². The highest BCUT2D eigenvalue weighted by Crippen LogP contribution is 2.31. The summed E-state index contributed by atoms with van der Waals surface area (Å²) < 4.78 is 2.00. The molecule has 1 aromatic carbocycles. The van der Waals surface area contributed by atoms with Crippen LogP contribution in [-0.2, 0) is 12.0 Å². The van der Waals surface area contributed by atoms with E-state index in [1.807, 2.05) is 4.57 Å². The number of fused-ring (bicyclic) bond motifs is 1. The lowest BCUT2D eigenvalue weighted by Gasteiger charge is -2.19. The lowest BCUT2D eigenvalue weighted by atomic mass is 9.95. The Kier molecular flexibility index (Phi) is 3.78. The van der Waals surface area contributed by atoms with E-state index in [9.17, 15) is 0 Å². The van der Waals surface area contributed by atoms with E-state index in [4.69, 9.17) is 41.2 Å². The van der Waals surface area contributed by atoms with E-state index in [0.717, 1.165) is 16.9 Å². The van der Waals surface area contributed by atoms with Gasteiger partial charge in [-0.15, -0.1) is 0 Å². The Labute approximate surface area is 127 Å². The van der Waals surface area contributed by atoms with Gasteiger partial charge >= 0.3 is 0 Å². The van der Waals surface area contributed by atoms with Crippen molar-refractivity contribution in [3.63, 3.8) is 0 Å². The number of nitrogens with two attached hydrogens (primary N) is 1. The molecule has 0 saturated carbocycles. The van der Waals surface area contributed by atoms with Crippen LogP contribution in [0.15, 0.2) is 12.1 Å². The van der Waals surface area contributed by atoms with Crippen LogP contribution in [0.1, 0.15) is 26.6 Å². The Bertz CT molecular complexity index is 656. The third-order valence-electron chi connectivity index (χ3n) is 2.78. The van der Waals surface area contributed by atoms with E-state index in [2.05, 4.69) is 25.8 Å². The summed E-state index contributed by atoms with van der Waals surface area (Å²) in [4.78, 5) is 5.06. The third-order valence-corrected chi connectivity index (χ3v) is 3.63. The van der Waals surface area contributed by atoms with Crippen molar-refractivity contribution in [3.05, 3.63) is 28.0 Å². The van der Waals surface area contributed by atoms with Crippen molar-refractivity contribution in [2.75, 3.05) is 0 Å². The number of benzene rings is 1. The van der Waals surface area contributed by atoms with Gasteiger partial charge in [-0.05, 0) is 12.1 Å². The highest BCUT2D eigenvalue weighted by atomic mass is 35.5. The fourth-order valence-electron chi connectivity index (χ4n) is 2.01. The molecule has 19 heavy (non-hydrogen) atoms. The van der Waals surface area contributed by atoms with Gasteiger partial charge in [-0.25, -0.2) is 4.98 Å². The number of hydrogen-bond acceptors (Lipinski definition) is 2. The first-order chi connectivity index (χ1) is 8.70. The molecular formula is C13H15Cl2N3S. The molecule has 6 heteroatoms. The zero-order valence-electron chi connectivity index (χ0n) is 11.0. The molecule has 2 rings (SSSR count).